The number of rotatable bonds is 1. The van der Waals surface area contributed by atoms with Crippen LogP contribution in [-0.2, 0) is 4.74 Å². The Morgan fingerprint density at radius 2 is 2.70 bits per heavy atom. The number of nitrogens with one attached hydrogen (secondary N) is 1. The highest BCUT2D eigenvalue weighted by molar-refractivity contribution is 4.86. The highest BCUT2D eigenvalue weighted by Gasteiger charge is 2.19. The van der Waals surface area contributed by atoms with E-state index in [0.717, 1.165) is 13.2 Å². The molecule has 0 saturated carbocycles. The maximum Gasteiger partial charge on any atom is 0.238 e. The lowest BCUT2D eigenvalue weighted by Crippen LogP contribution is -2.13. The molecule has 54 valence electrons. The van der Waals surface area contributed by atoms with E-state index in [0.29, 0.717) is 5.89 Å². The van der Waals surface area contributed by atoms with Crippen molar-refractivity contribution >= 4 is 0 Å². The second-order valence-electron chi connectivity index (χ2n) is 2.08. The Morgan fingerprint density at radius 1 is 1.70 bits per heavy atom. The summed E-state index contributed by atoms with van der Waals surface area (Å²) in [6.45, 7) is 1.60. The van der Waals surface area contributed by atoms with Crippen molar-refractivity contribution in [1.82, 2.24) is 10.3 Å². The molecule has 0 aliphatic carbocycles. The fourth-order valence-electron chi connectivity index (χ4n) is 0.948. The molecular weight excluding hydrogens is 132 g/mol. The van der Waals surface area contributed by atoms with Crippen molar-refractivity contribution in [3.63, 3.8) is 0 Å². The number of aromatic nitrogens is 1. The van der Waals surface area contributed by atoms with Gasteiger partial charge in [0.1, 0.15) is 6.26 Å². The van der Waals surface area contributed by atoms with Gasteiger partial charge in [-0.15, -0.1) is 0 Å². The van der Waals surface area contributed by atoms with Gasteiger partial charge in [0.05, 0.1) is 12.8 Å². The molecule has 1 saturated heterocycles. The summed E-state index contributed by atoms with van der Waals surface area (Å²) in [7, 11) is 0. The third-order valence-corrected chi connectivity index (χ3v) is 1.39. The van der Waals surface area contributed by atoms with Crippen molar-refractivity contribution in [2.45, 2.75) is 6.23 Å². The summed E-state index contributed by atoms with van der Waals surface area (Å²) in [5.41, 5.74) is 0. The van der Waals surface area contributed by atoms with Crippen molar-refractivity contribution in [2.24, 2.45) is 0 Å². The first-order valence-electron chi connectivity index (χ1n) is 3.21. The van der Waals surface area contributed by atoms with Gasteiger partial charge in [-0.05, 0) is 0 Å². The van der Waals surface area contributed by atoms with Crippen molar-refractivity contribution < 1.29 is 9.15 Å². The Hall–Kier alpha value is -0.870. The molecule has 1 fully saturated rings. The topological polar surface area (TPSA) is 47.3 Å². The molecule has 1 aromatic heterocycles. The molecule has 1 N–H and O–H groups in total. The lowest BCUT2D eigenvalue weighted by molar-refractivity contribution is 0.0788. The molecule has 0 amide bonds. The molecule has 10 heavy (non-hydrogen) atoms. The number of hydrogen-bond donors (Lipinski definition) is 1. The predicted octanol–water partition coefficient (Wildman–Crippen LogP) is 0.293. The molecule has 2 heterocycles. The molecule has 0 aromatic carbocycles. The molecule has 4 heteroatoms. The quantitative estimate of drug-likeness (QED) is 0.609. The highest BCUT2D eigenvalue weighted by atomic mass is 16.5. The summed E-state index contributed by atoms with van der Waals surface area (Å²) in [6, 6.07) is 0. The van der Waals surface area contributed by atoms with Crippen molar-refractivity contribution in [3.05, 3.63) is 18.4 Å². The minimum atomic E-state index is -0.130. The molecule has 2 rings (SSSR count). The van der Waals surface area contributed by atoms with Crippen LogP contribution in [-0.4, -0.2) is 18.1 Å². The molecule has 1 aromatic rings. The van der Waals surface area contributed by atoms with Crippen LogP contribution in [0.4, 0.5) is 0 Å². The second-order valence-corrected chi connectivity index (χ2v) is 2.08. The molecule has 0 radical (unpaired) electrons. The van der Waals surface area contributed by atoms with Crippen LogP contribution in [0.3, 0.4) is 0 Å². The Morgan fingerprint density at radius 3 is 3.30 bits per heavy atom. The number of hydrogen-bond acceptors (Lipinski definition) is 4. The smallest absolute Gasteiger partial charge is 0.238 e. The van der Waals surface area contributed by atoms with Gasteiger partial charge in [0.15, 0.2) is 6.23 Å². The standard InChI is InChI=1S/C6H8N2O2/c1-3-9-5(7-1)6-8-2-4-10-6/h1,3,6,8H,2,4H2. The van der Waals surface area contributed by atoms with E-state index in [1.807, 2.05) is 0 Å². The monoisotopic (exact) mass is 140 g/mol. The van der Waals surface area contributed by atoms with Crippen LogP contribution in [0.2, 0.25) is 0 Å². The van der Waals surface area contributed by atoms with Crippen molar-refractivity contribution in [3.8, 4) is 0 Å². The zero-order valence-electron chi connectivity index (χ0n) is 5.41. The molecule has 0 bridgehead atoms. The van der Waals surface area contributed by atoms with E-state index in [1.54, 1.807) is 12.5 Å². The summed E-state index contributed by atoms with van der Waals surface area (Å²) in [4.78, 5) is 3.94. The van der Waals surface area contributed by atoms with Crippen LogP contribution >= 0.6 is 0 Å². The molecule has 4 nitrogen and oxygen atoms in total. The predicted molar refractivity (Wildman–Crippen MR) is 33.2 cm³/mol. The molecule has 0 spiro atoms. The molecular formula is C6H8N2O2. The Balaban J connectivity index is 2.12. The van der Waals surface area contributed by atoms with Crippen LogP contribution < -0.4 is 5.32 Å². The average molecular weight is 140 g/mol. The third kappa shape index (κ3) is 0.913. The van der Waals surface area contributed by atoms with E-state index in [2.05, 4.69) is 10.3 Å². The van der Waals surface area contributed by atoms with Gasteiger partial charge in [0.25, 0.3) is 0 Å². The van der Waals surface area contributed by atoms with E-state index >= 15 is 0 Å². The largest absolute Gasteiger partial charge is 0.445 e. The first-order chi connectivity index (χ1) is 4.97. The van der Waals surface area contributed by atoms with Crippen molar-refractivity contribution in [2.75, 3.05) is 13.2 Å². The zero-order chi connectivity index (χ0) is 6.81. The van der Waals surface area contributed by atoms with E-state index in [4.69, 9.17) is 9.15 Å². The van der Waals surface area contributed by atoms with Gasteiger partial charge in [-0.1, -0.05) is 0 Å². The molecule has 1 atom stereocenters. The molecule has 1 aliphatic heterocycles. The number of ether oxygens (including phenoxy) is 1. The van der Waals surface area contributed by atoms with E-state index in [1.165, 1.54) is 0 Å². The summed E-state index contributed by atoms with van der Waals surface area (Å²) in [5.74, 6) is 0.609. The van der Waals surface area contributed by atoms with E-state index in [9.17, 15) is 0 Å². The summed E-state index contributed by atoms with van der Waals surface area (Å²) in [5, 5.41) is 3.08. The van der Waals surface area contributed by atoms with Crippen molar-refractivity contribution in [1.29, 1.82) is 0 Å². The van der Waals surface area contributed by atoms with Crippen LogP contribution in [0.5, 0.6) is 0 Å². The average Bonchev–Trinajstić information content (AvgIpc) is 2.59. The van der Waals surface area contributed by atoms with Gasteiger partial charge < -0.3 is 9.15 Å². The normalized spacial score (nSPS) is 25.4. The molecule has 1 unspecified atom stereocenters. The minimum absolute atomic E-state index is 0.130. The fraction of sp³-hybridized carbons (Fsp3) is 0.500. The highest BCUT2D eigenvalue weighted by Crippen LogP contribution is 2.14. The summed E-state index contributed by atoms with van der Waals surface area (Å²) < 4.78 is 10.2. The number of nitrogens with zero attached hydrogens (tertiary/aromatic N) is 1. The zero-order valence-corrected chi connectivity index (χ0v) is 5.41. The van der Waals surface area contributed by atoms with Gasteiger partial charge in [-0.25, -0.2) is 4.98 Å². The van der Waals surface area contributed by atoms with Gasteiger partial charge in [0.2, 0.25) is 5.89 Å². The van der Waals surface area contributed by atoms with Gasteiger partial charge in [-0.2, -0.15) is 0 Å². The summed E-state index contributed by atoms with van der Waals surface area (Å²) >= 11 is 0. The third-order valence-electron chi connectivity index (χ3n) is 1.39. The Bertz CT molecular complexity index is 192. The second kappa shape index (κ2) is 2.40. The lowest BCUT2D eigenvalue weighted by Gasteiger charge is -2.02. The first kappa shape index (κ1) is 5.88. The minimum Gasteiger partial charge on any atom is -0.445 e. The van der Waals surface area contributed by atoms with Crippen LogP contribution in [0.25, 0.3) is 0 Å². The van der Waals surface area contributed by atoms with Gasteiger partial charge >= 0.3 is 0 Å². The Labute approximate surface area is 58.2 Å². The SMILES string of the molecule is c1coc(C2NCCO2)n1. The summed E-state index contributed by atoms with van der Waals surface area (Å²) in [6.07, 6.45) is 3.02. The van der Waals surface area contributed by atoms with E-state index < -0.39 is 0 Å². The van der Waals surface area contributed by atoms with Crippen LogP contribution in [0.15, 0.2) is 16.9 Å². The van der Waals surface area contributed by atoms with Gasteiger partial charge in [0, 0.05) is 6.54 Å². The fourth-order valence-corrected chi connectivity index (χ4v) is 0.948. The molecule has 1 aliphatic rings. The lowest BCUT2D eigenvalue weighted by atomic mass is 10.6. The maximum atomic E-state index is 5.23. The number of oxazole rings is 1. The van der Waals surface area contributed by atoms with E-state index in [-0.39, 0.29) is 6.23 Å². The Kier molecular flexibility index (Phi) is 1.41. The van der Waals surface area contributed by atoms with Crippen LogP contribution in [0.1, 0.15) is 12.1 Å². The van der Waals surface area contributed by atoms with Gasteiger partial charge in [-0.3, -0.25) is 5.32 Å². The first-order valence-corrected chi connectivity index (χ1v) is 3.21. The maximum absolute atomic E-state index is 5.23. The van der Waals surface area contributed by atoms with Crippen LogP contribution in [0, 0.1) is 0 Å².